The van der Waals surface area contributed by atoms with Crippen molar-refractivity contribution < 1.29 is 4.79 Å². The van der Waals surface area contributed by atoms with E-state index in [0.717, 1.165) is 12.8 Å². The SMILES string of the molecule is CN(Cc1ccc(N(C)C)cc1)C(=O)C1CCCC1. The van der Waals surface area contributed by atoms with Crippen LogP contribution in [0.3, 0.4) is 0 Å². The minimum absolute atomic E-state index is 0.269. The van der Waals surface area contributed by atoms with Crippen LogP contribution in [0.25, 0.3) is 0 Å². The maximum absolute atomic E-state index is 12.2. The lowest BCUT2D eigenvalue weighted by Gasteiger charge is -2.21. The van der Waals surface area contributed by atoms with Gasteiger partial charge in [-0.3, -0.25) is 4.79 Å². The molecule has 0 bridgehead atoms. The number of hydrogen-bond donors (Lipinski definition) is 0. The van der Waals surface area contributed by atoms with Crippen LogP contribution < -0.4 is 4.90 Å². The predicted octanol–water partition coefficient (Wildman–Crippen LogP) is 2.90. The normalized spacial score (nSPS) is 15.5. The zero-order valence-corrected chi connectivity index (χ0v) is 12.2. The molecular weight excluding hydrogens is 236 g/mol. The fourth-order valence-corrected chi connectivity index (χ4v) is 2.74. The lowest BCUT2D eigenvalue weighted by Crippen LogP contribution is -2.31. The van der Waals surface area contributed by atoms with Crippen molar-refractivity contribution in [3.8, 4) is 0 Å². The molecule has 1 amide bonds. The van der Waals surface area contributed by atoms with E-state index in [2.05, 4.69) is 29.2 Å². The fourth-order valence-electron chi connectivity index (χ4n) is 2.74. The Morgan fingerprint density at radius 1 is 1.11 bits per heavy atom. The molecule has 0 aromatic heterocycles. The molecule has 0 radical (unpaired) electrons. The van der Waals surface area contributed by atoms with Gasteiger partial charge in [0.05, 0.1) is 0 Å². The average molecular weight is 260 g/mol. The maximum Gasteiger partial charge on any atom is 0.225 e. The summed E-state index contributed by atoms with van der Waals surface area (Å²) in [6, 6.07) is 8.41. The smallest absolute Gasteiger partial charge is 0.225 e. The predicted molar refractivity (Wildman–Crippen MR) is 79.2 cm³/mol. The van der Waals surface area contributed by atoms with Gasteiger partial charge in [0.15, 0.2) is 0 Å². The zero-order valence-electron chi connectivity index (χ0n) is 12.2. The molecule has 1 aromatic rings. The number of hydrogen-bond acceptors (Lipinski definition) is 2. The van der Waals surface area contributed by atoms with E-state index in [-0.39, 0.29) is 5.92 Å². The van der Waals surface area contributed by atoms with Gasteiger partial charge in [0.1, 0.15) is 0 Å². The molecule has 1 aliphatic rings. The van der Waals surface area contributed by atoms with E-state index in [0.29, 0.717) is 12.5 Å². The average Bonchev–Trinajstić information content (AvgIpc) is 2.92. The highest BCUT2D eigenvalue weighted by molar-refractivity contribution is 5.78. The molecule has 0 spiro atoms. The Morgan fingerprint density at radius 3 is 2.21 bits per heavy atom. The van der Waals surface area contributed by atoms with Crippen LogP contribution in [-0.2, 0) is 11.3 Å². The largest absolute Gasteiger partial charge is 0.378 e. The first kappa shape index (κ1) is 13.9. The van der Waals surface area contributed by atoms with Crippen LogP contribution in [0, 0.1) is 5.92 Å². The summed E-state index contributed by atoms with van der Waals surface area (Å²) in [6.45, 7) is 0.711. The summed E-state index contributed by atoms with van der Waals surface area (Å²) < 4.78 is 0. The van der Waals surface area contributed by atoms with Crippen LogP contribution in [-0.4, -0.2) is 32.0 Å². The van der Waals surface area contributed by atoms with Crippen molar-refractivity contribution >= 4 is 11.6 Å². The van der Waals surface area contributed by atoms with Gasteiger partial charge in [0, 0.05) is 39.3 Å². The van der Waals surface area contributed by atoms with Crippen LogP contribution >= 0.6 is 0 Å². The van der Waals surface area contributed by atoms with E-state index in [4.69, 9.17) is 0 Å². The van der Waals surface area contributed by atoms with E-state index in [1.807, 2.05) is 26.0 Å². The highest BCUT2D eigenvalue weighted by Crippen LogP contribution is 2.26. The summed E-state index contributed by atoms with van der Waals surface area (Å²) in [5.41, 5.74) is 2.38. The Bertz CT molecular complexity index is 419. The van der Waals surface area contributed by atoms with Gasteiger partial charge in [0.2, 0.25) is 5.91 Å². The molecule has 1 aliphatic carbocycles. The van der Waals surface area contributed by atoms with Gasteiger partial charge in [-0.25, -0.2) is 0 Å². The van der Waals surface area contributed by atoms with Gasteiger partial charge in [-0.1, -0.05) is 25.0 Å². The van der Waals surface area contributed by atoms with Crippen molar-refractivity contribution in [2.75, 3.05) is 26.0 Å². The monoisotopic (exact) mass is 260 g/mol. The number of amides is 1. The second-order valence-corrected chi connectivity index (χ2v) is 5.74. The quantitative estimate of drug-likeness (QED) is 0.831. The first-order valence-electron chi connectivity index (χ1n) is 7.09. The van der Waals surface area contributed by atoms with Crippen LogP contribution in [0.1, 0.15) is 31.2 Å². The molecule has 0 atom stereocenters. The van der Waals surface area contributed by atoms with Gasteiger partial charge >= 0.3 is 0 Å². The van der Waals surface area contributed by atoms with Gasteiger partial charge in [0.25, 0.3) is 0 Å². The van der Waals surface area contributed by atoms with E-state index >= 15 is 0 Å². The molecule has 19 heavy (non-hydrogen) atoms. The first-order valence-corrected chi connectivity index (χ1v) is 7.09. The minimum Gasteiger partial charge on any atom is -0.378 e. The number of benzene rings is 1. The summed E-state index contributed by atoms with van der Waals surface area (Å²) >= 11 is 0. The summed E-state index contributed by atoms with van der Waals surface area (Å²) in [7, 11) is 5.98. The molecule has 1 fully saturated rings. The summed E-state index contributed by atoms with van der Waals surface area (Å²) in [4.78, 5) is 16.2. The molecule has 0 N–H and O–H groups in total. The molecule has 1 saturated carbocycles. The molecule has 3 nitrogen and oxygen atoms in total. The van der Waals surface area contributed by atoms with Crippen LogP contribution in [0.2, 0.25) is 0 Å². The number of carbonyl (C=O) groups is 1. The Labute approximate surface area is 116 Å². The molecule has 104 valence electrons. The number of rotatable bonds is 4. The van der Waals surface area contributed by atoms with Crippen molar-refractivity contribution in [1.82, 2.24) is 4.90 Å². The van der Waals surface area contributed by atoms with Crippen LogP contribution in [0.15, 0.2) is 24.3 Å². The third-order valence-corrected chi connectivity index (χ3v) is 3.95. The fraction of sp³-hybridized carbons (Fsp3) is 0.562. The van der Waals surface area contributed by atoms with Crippen molar-refractivity contribution in [2.45, 2.75) is 32.2 Å². The first-order chi connectivity index (χ1) is 9.08. The number of carbonyl (C=O) groups excluding carboxylic acids is 1. The Balaban J connectivity index is 1.94. The molecule has 1 aromatic carbocycles. The second-order valence-electron chi connectivity index (χ2n) is 5.74. The number of anilines is 1. The third kappa shape index (κ3) is 3.49. The summed E-state index contributed by atoms with van der Waals surface area (Å²) in [6.07, 6.45) is 4.56. The van der Waals surface area contributed by atoms with Gasteiger partial charge in [-0.15, -0.1) is 0 Å². The van der Waals surface area contributed by atoms with E-state index in [9.17, 15) is 4.79 Å². The summed E-state index contributed by atoms with van der Waals surface area (Å²) in [5, 5.41) is 0. The van der Waals surface area contributed by atoms with Crippen molar-refractivity contribution in [3.05, 3.63) is 29.8 Å². The van der Waals surface area contributed by atoms with Crippen LogP contribution in [0.4, 0.5) is 5.69 Å². The number of nitrogens with zero attached hydrogens (tertiary/aromatic N) is 2. The van der Waals surface area contributed by atoms with Gasteiger partial charge in [-0.2, -0.15) is 0 Å². The van der Waals surface area contributed by atoms with E-state index in [1.54, 1.807) is 0 Å². The van der Waals surface area contributed by atoms with Gasteiger partial charge in [-0.05, 0) is 30.5 Å². The maximum atomic E-state index is 12.2. The molecular formula is C16H24N2O. The lowest BCUT2D eigenvalue weighted by atomic mass is 10.1. The second kappa shape index (κ2) is 6.09. The zero-order chi connectivity index (χ0) is 13.8. The standard InChI is InChI=1S/C16H24N2O/c1-17(2)15-10-8-13(9-11-15)12-18(3)16(19)14-6-4-5-7-14/h8-11,14H,4-7,12H2,1-3H3. The molecule has 0 aliphatic heterocycles. The lowest BCUT2D eigenvalue weighted by molar-refractivity contribution is -0.134. The molecule has 2 rings (SSSR count). The molecule has 3 heteroatoms. The summed E-state index contributed by atoms with van der Waals surface area (Å²) in [5.74, 6) is 0.584. The van der Waals surface area contributed by atoms with Crippen molar-refractivity contribution in [1.29, 1.82) is 0 Å². The Morgan fingerprint density at radius 2 is 1.68 bits per heavy atom. The van der Waals surface area contributed by atoms with Crippen molar-refractivity contribution in [3.63, 3.8) is 0 Å². The topological polar surface area (TPSA) is 23.6 Å². The Kier molecular flexibility index (Phi) is 4.46. The van der Waals surface area contributed by atoms with Crippen LogP contribution in [0.5, 0.6) is 0 Å². The molecule has 0 unspecified atom stereocenters. The minimum atomic E-state index is 0.269. The third-order valence-electron chi connectivity index (χ3n) is 3.95. The highest BCUT2D eigenvalue weighted by Gasteiger charge is 2.25. The molecule has 0 saturated heterocycles. The Hall–Kier alpha value is -1.51. The van der Waals surface area contributed by atoms with E-state index < -0.39 is 0 Å². The van der Waals surface area contributed by atoms with Crippen molar-refractivity contribution in [2.24, 2.45) is 5.92 Å². The van der Waals surface area contributed by atoms with E-state index in [1.165, 1.54) is 24.1 Å². The highest BCUT2D eigenvalue weighted by atomic mass is 16.2. The van der Waals surface area contributed by atoms with Gasteiger partial charge < -0.3 is 9.80 Å². The molecule has 0 heterocycles.